The molecule has 0 saturated carbocycles. The average molecular weight is 265 g/mol. The Morgan fingerprint density at radius 3 is 2.95 bits per heavy atom. The summed E-state index contributed by atoms with van der Waals surface area (Å²) in [6, 6.07) is 3.45. The lowest BCUT2D eigenvalue weighted by Crippen LogP contribution is -2.43. The van der Waals surface area contributed by atoms with Gasteiger partial charge in [-0.05, 0) is 31.5 Å². The van der Waals surface area contributed by atoms with Crippen molar-refractivity contribution in [1.82, 2.24) is 14.8 Å². The zero-order chi connectivity index (χ0) is 13.8. The van der Waals surface area contributed by atoms with Gasteiger partial charge in [-0.1, -0.05) is 0 Å². The molecule has 0 aliphatic carbocycles. The lowest BCUT2D eigenvalue weighted by Gasteiger charge is -2.21. The Labute approximate surface area is 112 Å². The van der Waals surface area contributed by atoms with Crippen molar-refractivity contribution in [2.75, 3.05) is 19.7 Å². The van der Waals surface area contributed by atoms with E-state index in [-0.39, 0.29) is 25.1 Å². The van der Waals surface area contributed by atoms with Crippen LogP contribution in [0.4, 0.5) is 0 Å². The minimum Gasteiger partial charge on any atom is -0.395 e. The Hall–Kier alpha value is -1.66. The maximum Gasteiger partial charge on any atom is 0.274 e. The molecule has 6 heteroatoms. The molecule has 104 valence electrons. The zero-order valence-corrected chi connectivity index (χ0v) is 11.0. The minimum absolute atomic E-state index is 0.0379. The van der Waals surface area contributed by atoms with Gasteiger partial charge in [0.15, 0.2) is 0 Å². The van der Waals surface area contributed by atoms with Crippen LogP contribution in [-0.4, -0.2) is 52.1 Å². The summed E-state index contributed by atoms with van der Waals surface area (Å²) in [5.74, 6) is -0.719. The quantitative estimate of drug-likeness (QED) is 0.786. The van der Waals surface area contributed by atoms with Crippen molar-refractivity contribution in [2.45, 2.75) is 18.9 Å². The van der Waals surface area contributed by atoms with E-state index in [4.69, 9.17) is 0 Å². The van der Waals surface area contributed by atoms with E-state index in [1.54, 1.807) is 29.9 Å². The first-order chi connectivity index (χ1) is 9.11. The summed E-state index contributed by atoms with van der Waals surface area (Å²) in [4.78, 5) is 25.6. The smallest absolute Gasteiger partial charge is 0.274 e. The number of hydrogen-bond donors (Lipinski definition) is 2. The van der Waals surface area contributed by atoms with Gasteiger partial charge in [0.1, 0.15) is 5.69 Å². The molecule has 1 aliphatic rings. The second-order valence-corrected chi connectivity index (χ2v) is 4.83. The molecule has 2 amide bonds. The molecule has 0 spiro atoms. The molecule has 19 heavy (non-hydrogen) atoms. The summed E-state index contributed by atoms with van der Waals surface area (Å²) < 4.78 is 1.66. The van der Waals surface area contributed by atoms with Gasteiger partial charge in [-0.15, -0.1) is 0 Å². The number of aromatic nitrogens is 1. The fourth-order valence-corrected chi connectivity index (χ4v) is 2.42. The van der Waals surface area contributed by atoms with Crippen molar-refractivity contribution in [2.24, 2.45) is 7.05 Å². The Balaban J connectivity index is 1.88. The number of nitrogens with one attached hydrogen (secondary N) is 1. The van der Waals surface area contributed by atoms with E-state index in [9.17, 15) is 14.7 Å². The second kappa shape index (κ2) is 5.99. The third kappa shape index (κ3) is 3.21. The highest BCUT2D eigenvalue weighted by atomic mass is 16.3. The van der Waals surface area contributed by atoms with E-state index < -0.39 is 5.91 Å². The van der Waals surface area contributed by atoms with E-state index in [2.05, 4.69) is 5.32 Å². The molecular weight excluding hydrogens is 246 g/mol. The van der Waals surface area contributed by atoms with Crippen LogP contribution in [-0.2, 0) is 11.8 Å². The van der Waals surface area contributed by atoms with Crippen molar-refractivity contribution >= 4 is 11.8 Å². The summed E-state index contributed by atoms with van der Waals surface area (Å²) in [5, 5.41) is 11.5. The van der Waals surface area contributed by atoms with Gasteiger partial charge in [-0.2, -0.15) is 0 Å². The van der Waals surface area contributed by atoms with Crippen LogP contribution in [0.1, 0.15) is 23.3 Å². The highest BCUT2D eigenvalue weighted by Crippen LogP contribution is 2.15. The Morgan fingerprint density at radius 2 is 2.32 bits per heavy atom. The molecule has 2 N–H and O–H groups in total. The Bertz CT molecular complexity index is 469. The number of amides is 2. The molecule has 0 radical (unpaired) electrons. The first-order valence-corrected chi connectivity index (χ1v) is 6.42. The number of rotatable bonds is 4. The highest BCUT2D eigenvalue weighted by molar-refractivity contribution is 6.04. The molecule has 2 rings (SSSR count). The number of likely N-dealkylation sites (tertiary alicyclic amines) is 1. The van der Waals surface area contributed by atoms with E-state index in [0.29, 0.717) is 5.69 Å². The molecule has 1 unspecified atom stereocenters. The SMILES string of the molecule is Cn1cccc1C(=O)NC(=O)CN1CCCC1CO. The van der Waals surface area contributed by atoms with Crippen molar-refractivity contribution in [3.05, 3.63) is 24.0 Å². The largest absolute Gasteiger partial charge is 0.395 e. The molecule has 1 fully saturated rings. The number of aryl methyl sites for hydroxylation is 1. The van der Waals surface area contributed by atoms with Gasteiger partial charge < -0.3 is 9.67 Å². The number of carbonyl (C=O) groups excluding carboxylic acids is 2. The van der Waals surface area contributed by atoms with Gasteiger partial charge in [-0.3, -0.25) is 19.8 Å². The average Bonchev–Trinajstić information content (AvgIpc) is 2.97. The topological polar surface area (TPSA) is 74.6 Å². The summed E-state index contributed by atoms with van der Waals surface area (Å²) in [6.07, 6.45) is 3.63. The standard InChI is InChI=1S/C13H19N3O3/c1-15-6-3-5-11(15)13(19)14-12(18)8-16-7-2-4-10(16)9-17/h3,5-6,10,17H,2,4,7-9H2,1H3,(H,14,18,19). The third-order valence-corrected chi connectivity index (χ3v) is 3.49. The van der Waals surface area contributed by atoms with Gasteiger partial charge in [0.05, 0.1) is 13.2 Å². The maximum absolute atomic E-state index is 11.8. The van der Waals surface area contributed by atoms with E-state index in [0.717, 1.165) is 19.4 Å². The summed E-state index contributed by atoms with van der Waals surface area (Å²) >= 11 is 0. The summed E-state index contributed by atoms with van der Waals surface area (Å²) in [5.41, 5.74) is 0.452. The number of aliphatic hydroxyl groups is 1. The van der Waals surface area contributed by atoms with Crippen molar-refractivity contribution in [3.63, 3.8) is 0 Å². The van der Waals surface area contributed by atoms with Crippen LogP contribution < -0.4 is 5.32 Å². The molecule has 1 aliphatic heterocycles. The summed E-state index contributed by atoms with van der Waals surface area (Å²) in [6.45, 7) is 0.997. The minimum atomic E-state index is -0.391. The predicted molar refractivity (Wildman–Crippen MR) is 69.6 cm³/mol. The second-order valence-electron chi connectivity index (χ2n) is 4.83. The molecule has 1 aromatic heterocycles. The van der Waals surface area contributed by atoms with Gasteiger partial charge in [0.25, 0.3) is 5.91 Å². The van der Waals surface area contributed by atoms with Gasteiger partial charge in [0.2, 0.25) is 5.91 Å². The van der Waals surface area contributed by atoms with Crippen molar-refractivity contribution in [1.29, 1.82) is 0 Å². The number of hydrogen-bond acceptors (Lipinski definition) is 4. The number of imide groups is 1. The van der Waals surface area contributed by atoms with Crippen LogP contribution in [0, 0.1) is 0 Å². The van der Waals surface area contributed by atoms with Crippen molar-refractivity contribution in [3.8, 4) is 0 Å². The lowest BCUT2D eigenvalue weighted by atomic mass is 10.2. The molecule has 1 atom stereocenters. The van der Waals surface area contributed by atoms with Crippen LogP contribution >= 0.6 is 0 Å². The maximum atomic E-state index is 11.8. The fraction of sp³-hybridized carbons (Fsp3) is 0.538. The van der Waals surface area contributed by atoms with Gasteiger partial charge >= 0.3 is 0 Å². The van der Waals surface area contributed by atoms with E-state index in [1.165, 1.54) is 0 Å². The number of carbonyl (C=O) groups is 2. The van der Waals surface area contributed by atoms with Crippen LogP contribution in [0.25, 0.3) is 0 Å². The normalized spacial score (nSPS) is 19.6. The van der Waals surface area contributed by atoms with Crippen molar-refractivity contribution < 1.29 is 14.7 Å². The predicted octanol–water partition coefficient (Wildman–Crippen LogP) is -0.262. The molecule has 6 nitrogen and oxygen atoms in total. The first kappa shape index (κ1) is 13.8. The lowest BCUT2D eigenvalue weighted by molar-refractivity contribution is -0.121. The van der Waals surface area contributed by atoms with E-state index in [1.807, 2.05) is 4.90 Å². The Kier molecular flexibility index (Phi) is 4.34. The highest BCUT2D eigenvalue weighted by Gasteiger charge is 2.26. The van der Waals surface area contributed by atoms with Crippen LogP contribution in [0.15, 0.2) is 18.3 Å². The zero-order valence-electron chi connectivity index (χ0n) is 11.0. The van der Waals surface area contributed by atoms with Gasteiger partial charge in [0, 0.05) is 19.3 Å². The monoisotopic (exact) mass is 265 g/mol. The number of nitrogens with zero attached hydrogens (tertiary/aromatic N) is 2. The molecular formula is C13H19N3O3. The molecule has 1 saturated heterocycles. The van der Waals surface area contributed by atoms with Crippen LogP contribution in [0.3, 0.4) is 0 Å². The number of aliphatic hydroxyl groups excluding tert-OH is 1. The third-order valence-electron chi connectivity index (χ3n) is 3.49. The van der Waals surface area contributed by atoms with Gasteiger partial charge in [-0.25, -0.2) is 0 Å². The molecule has 0 bridgehead atoms. The van der Waals surface area contributed by atoms with E-state index >= 15 is 0 Å². The fourth-order valence-electron chi connectivity index (χ4n) is 2.42. The van der Waals surface area contributed by atoms with Crippen LogP contribution in [0.5, 0.6) is 0 Å². The molecule has 0 aromatic carbocycles. The molecule has 2 heterocycles. The Morgan fingerprint density at radius 1 is 1.53 bits per heavy atom. The molecule has 1 aromatic rings. The van der Waals surface area contributed by atoms with Crippen LogP contribution in [0.2, 0.25) is 0 Å². The first-order valence-electron chi connectivity index (χ1n) is 6.42. The summed E-state index contributed by atoms with van der Waals surface area (Å²) in [7, 11) is 1.75.